The second kappa shape index (κ2) is 18.0. The molecular weight excluding hydrogens is 234 g/mol. The maximum atomic E-state index is 3.16. The summed E-state index contributed by atoms with van der Waals surface area (Å²) >= 11 is 0. The molecular formula is C13H31NS2. The molecule has 16 heavy (non-hydrogen) atoms. The van der Waals surface area contributed by atoms with Crippen LogP contribution in [-0.2, 0) is 0 Å². The Labute approximate surface area is 111 Å². The largest absolute Gasteiger partial charge is 0.319 e. The van der Waals surface area contributed by atoms with Crippen LogP contribution in [0.15, 0.2) is 0 Å². The van der Waals surface area contributed by atoms with Gasteiger partial charge in [0, 0.05) is 18.1 Å². The van der Waals surface area contributed by atoms with Gasteiger partial charge in [0.1, 0.15) is 0 Å². The lowest BCUT2D eigenvalue weighted by molar-refractivity contribution is 0.624. The molecule has 0 amide bonds. The van der Waals surface area contributed by atoms with Gasteiger partial charge in [0.15, 0.2) is 0 Å². The van der Waals surface area contributed by atoms with Crippen molar-refractivity contribution < 1.29 is 0 Å². The molecule has 0 radical (unpaired) electrons. The molecule has 1 nitrogen and oxygen atoms in total. The van der Waals surface area contributed by atoms with E-state index in [1.165, 1.54) is 37.2 Å². The van der Waals surface area contributed by atoms with Crippen molar-refractivity contribution >= 4 is 21.6 Å². The van der Waals surface area contributed by atoms with E-state index in [1.54, 1.807) is 0 Å². The van der Waals surface area contributed by atoms with E-state index in [4.69, 9.17) is 0 Å². The zero-order valence-electron chi connectivity index (χ0n) is 11.8. The van der Waals surface area contributed by atoms with E-state index in [9.17, 15) is 0 Å². The molecule has 1 rings (SSSR count). The van der Waals surface area contributed by atoms with E-state index in [2.05, 4.69) is 16.1 Å². The van der Waals surface area contributed by atoms with Gasteiger partial charge in [0.25, 0.3) is 0 Å². The fourth-order valence-corrected chi connectivity index (χ4v) is 4.02. The first-order valence-corrected chi connectivity index (χ1v) is 9.31. The van der Waals surface area contributed by atoms with E-state index >= 15 is 0 Å². The molecule has 0 bridgehead atoms. The molecule has 1 aliphatic rings. The standard InChI is InChI=1S/C9H19NS2.2C2H6/c1-10-6-7-11-12-8-9-4-2-3-5-9;2*1-2/h9-10H,2-8H2,1H3;2*1-2H3. The van der Waals surface area contributed by atoms with E-state index < -0.39 is 0 Å². The van der Waals surface area contributed by atoms with Crippen molar-refractivity contribution in [3.63, 3.8) is 0 Å². The Morgan fingerprint density at radius 2 is 1.56 bits per heavy atom. The first-order valence-electron chi connectivity index (χ1n) is 6.82. The second-order valence-electron chi connectivity index (χ2n) is 3.36. The average Bonchev–Trinajstić information content (AvgIpc) is 2.87. The summed E-state index contributed by atoms with van der Waals surface area (Å²) in [5, 5.41) is 3.16. The van der Waals surface area contributed by atoms with Crippen LogP contribution >= 0.6 is 21.6 Å². The van der Waals surface area contributed by atoms with Gasteiger partial charge in [-0.3, -0.25) is 0 Å². The van der Waals surface area contributed by atoms with Crippen molar-refractivity contribution in [3.8, 4) is 0 Å². The fourth-order valence-electron chi connectivity index (χ4n) is 1.52. The summed E-state index contributed by atoms with van der Waals surface area (Å²) in [6.07, 6.45) is 5.93. The molecule has 0 atom stereocenters. The minimum absolute atomic E-state index is 1.04. The monoisotopic (exact) mass is 265 g/mol. The molecule has 0 aromatic heterocycles. The first kappa shape index (κ1) is 19.0. The highest BCUT2D eigenvalue weighted by Gasteiger charge is 2.14. The van der Waals surface area contributed by atoms with Gasteiger partial charge in [-0.2, -0.15) is 0 Å². The van der Waals surface area contributed by atoms with Crippen molar-refractivity contribution in [2.45, 2.75) is 53.4 Å². The van der Waals surface area contributed by atoms with Gasteiger partial charge in [-0.15, -0.1) is 0 Å². The van der Waals surface area contributed by atoms with Crippen molar-refractivity contribution in [3.05, 3.63) is 0 Å². The zero-order valence-corrected chi connectivity index (χ0v) is 13.5. The summed E-state index contributed by atoms with van der Waals surface area (Å²) in [7, 11) is 6.10. The van der Waals surface area contributed by atoms with Crippen LogP contribution in [0.25, 0.3) is 0 Å². The highest BCUT2D eigenvalue weighted by molar-refractivity contribution is 8.76. The Kier molecular flexibility index (Phi) is 21.4. The topological polar surface area (TPSA) is 12.0 Å². The summed E-state index contributed by atoms with van der Waals surface area (Å²) in [5.74, 6) is 3.67. The van der Waals surface area contributed by atoms with Crippen LogP contribution in [0.1, 0.15) is 53.4 Å². The van der Waals surface area contributed by atoms with E-state index in [1.807, 2.05) is 45.5 Å². The molecule has 0 aliphatic heterocycles. The predicted molar refractivity (Wildman–Crippen MR) is 83.5 cm³/mol. The predicted octanol–water partition coefficient (Wildman–Crippen LogP) is 4.83. The highest BCUT2D eigenvalue weighted by Crippen LogP contribution is 2.32. The lowest BCUT2D eigenvalue weighted by Crippen LogP contribution is -2.09. The molecule has 0 aromatic carbocycles. The van der Waals surface area contributed by atoms with Crippen LogP contribution in [0, 0.1) is 5.92 Å². The third-order valence-corrected chi connectivity index (χ3v) is 4.85. The van der Waals surface area contributed by atoms with Gasteiger partial charge in [-0.05, 0) is 25.8 Å². The SMILES string of the molecule is CC.CC.CNCCSSCC1CCCC1. The lowest BCUT2D eigenvalue weighted by atomic mass is 10.1. The van der Waals surface area contributed by atoms with Gasteiger partial charge in [-0.1, -0.05) is 62.1 Å². The smallest absolute Gasteiger partial charge is 0.0162 e. The Bertz CT molecular complexity index is 104. The normalized spacial score (nSPS) is 14.8. The van der Waals surface area contributed by atoms with Crippen LogP contribution in [0.5, 0.6) is 0 Å². The third kappa shape index (κ3) is 12.7. The van der Waals surface area contributed by atoms with E-state index in [0.717, 1.165) is 12.5 Å². The molecule has 1 N–H and O–H groups in total. The van der Waals surface area contributed by atoms with E-state index in [0.29, 0.717) is 0 Å². The van der Waals surface area contributed by atoms with Crippen molar-refractivity contribution in [2.24, 2.45) is 5.92 Å². The molecule has 100 valence electrons. The Morgan fingerprint density at radius 1 is 1.00 bits per heavy atom. The highest BCUT2D eigenvalue weighted by atomic mass is 33.1. The van der Waals surface area contributed by atoms with Gasteiger partial charge >= 0.3 is 0 Å². The molecule has 0 saturated heterocycles. The number of nitrogens with one attached hydrogen (secondary N) is 1. The molecule has 0 spiro atoms. The zero-order chi connectivity index (χ0) is 12.6. The number of rotatable bonds is 6. The molecule has 1 aliphatic carbocycles. The Hall–Kier alpha value is 0.660. The minimum Gasteiger partial charge on any atom is -0.319 e. The molecule has 1 fully saturated rings. The fraction of sp³-hybridized carbons (Fsp3) is 1.00. The summed E-state index contributed by atoms with van der Waals surface area (Å²) in [6, 6.07) is 0. The average molecular weight is 266 g/mol. The van der Waals surface area contributed by atoms with Gasteiger partial charge in [-0.25, -0.2) is 0 Å². The van der Waals surface area contributed by atoms with Crippen LogP contribution < -0.4 is 5.32 Å². The first-order chi connectivity index (χ1) is 7.93. The van der Waals surface area contributed by atoms with Crippen molar-refractivity contribution in [1.29, 1.82) is 0 Å². The summed E-state index contributed by atoms with van der Waals surface area (Å²) in [4.78, 5) is 0. The maximum absolute atomic E-state index is 3.16. The van der Waals surface area contributed by atoms with Crippen molar-refractivity contribution in [1.82, 2.24) is 5.32 Å². The van der Waals surface area contributed by atoms with Gasteiger partial charge in [0.2, 0.25) is 0 Å². The van der Waals surface area contributed by atoms with Crippen LogP contribution in [0.3, 0.4) is 0 Å². The van der Waals surface area contributed by atoms with Crippen molar-refractivity contribution in [2.75, 3.05) is 25.1 Å². The minimum atomic E-state index is 1.04. The molecule has 0 aromatic rings. The summed E-state index contributed by atoms with van der Waals surface area (Å²) in [6.45, 7) is 9.14. The maximum Gasteiger partial charge on any atom is 0.0162 e. The van der Waals surface area contributed by atoms with Gasteiger partial charge < -0.3 is 5.32 Å². The van der Waals surface area contributed by atoms with Crippen LogP contribution in [-0.4, -0.2) is 25.1 Å². The third-order valence-electron chi connectivity index (χ3n) is 2.30. The molecule has 3 heteroatoms. The Morgan fingerprint density at radius 3 is 2.06 bits per heavy atom. The summed E-state index contributed by atoms with van der Waals surface area (Å²) < 4.78 is 0. The van der Waals surface area contributed by atoms with Crippen LogP contribution in [0.2, 0.25) is 0 Å². The summed E-state index contributed by atoms with van der Waals surface area (Å²) in [5.41, 5.74) is 0. The number of hydrogen-bond donors (Lipinski definition) is 1. The quantitative estimate of drug-likeness (QED) is 0.546. The number of hydrogen-bond acceptors (Lipinski definition) is 3. The lowest BCUT2D eigenvalue weighted by Gasteiger charge is -2.06. The molecule has 0 unspecified atom stereocenters. The second-order valence-corrected chi connectivity index (χ2v) is 5.99. The van der Waals surface area contributed by atoms with Gasteiger partial charge in [0.05, 0.1) is 0 Å². The molecule has 0 heterocycles. The van der Waals surface area contributed by atoms with Crippen LogP contribution in [0.4, 0.5) is 0 Å². The van der Waals surface area contributed by atoms with E-state index in [-0.39, 0.29) is 0 Å². The molecule has 1 saturated carbocycles. The Balaban J connectivity index is 0.